The smallest absolute Gasteiger partial charge is 0.416 e. The zero-order valence-electron chi connectivity index (χ0n) is 25.2. The molecule has 3 aromatic carbocycles. The predicted octanol–water partition coefficient (Wildman–Crippen LogP) is 8.54. The van der Waals surface area contributed by atoms with Crippen molar-refractivity contribution in [2.24, 2.45) is 0 Å². The van der Waals surface area contributed by atoms with Crippen LogP contribution in [0.5, 0.6) is 5.75 Å². The molecule has 0 bridgehead atoms. The lowest BCUT2D eigenvalue weighted by atomic mass is 10.0. The van der Waals surface area contributed by atoms with Crippen LogP contribution in [0.3, 0.4) is 0 Å². The minimum Gasteiger partial charge on any atom is -0.497 e. The Morgan fingerprint density at radius 2 is 1.58 bits per heavy atom. The van der Waals surface area contributed by atoms with Crippen LogP contribution < -0.4 is 20.7 Å². The van der Waals surface area contributed by atoms with Crippen molar-refractivity contribution >= 4 is 23.2 Å². The van der Waals surface area contributed by atoms with Crippen molar-refractivity contribution in [2.75, 3.05) is 23.1 Å². The highest BCUT2D eigenvalue weighted by Crippen LogP contribution is 2.34. The number of ether oxygens (including phenoxy) is 1. The molecule has 0 saturated carbocycles. The van der Waals surface area contributed by atoms with Crippen LogP contribution >= 0.6 is 0 Å². The summed E-state index contributed by atoms with van der Waals surface area (Å²) in [5.74, 6) is 1.49. The van der Waals surface area contributed by atoms with Gasteiger partial charge in [0.2, 0.25) is 0 Å². The van der Waals surface area contributed by atoms with E-state index in [1.54, 1.807) is 31.5 Å². The monoisotopic (exact) mass is 614 g/mol. The quantitative estimate of drug-likeness (QED) is 0.163. The van der Waals surface area contributed by atoms with Gasteiger partial charge in [-0.05, 0) is 92.6 Å². The van der Waals surface area contributed by atoms with Crippen molar-refractivity contribution in [3.05, 3.63) is 108 Å². The number of pyridine rings is 1. The Morgan fingerprint density at radius 3 is 2.24 bits per heavy atom. The van der Waals surface area contributed by atoms with Gasteiger partial charge in [0.1, 0.15) is 17.3 Å². The second-order valence-corrected chi connectivity index (χ2v) is 11.5. The van der Waals surface area contributed by atoms with E-state index in [2.05, 4.69) is 41.7 Å². The molecule has 5 aromatic rings. The zero-order valence-corrected chi connectivity index (χ0v) is 25.2. The Labute approximate surface area is 259 Å². The van der Waals surface area contributed by atoms with Crippen LogP contribution in [0.2, 0.25) is 0 Å². The zero-order chi connectivity index (χ0) is 32.2. The molecule has 8 nitrogen and oxygen atoms in total. The van der Waals surface area contributed by atoms with Gasteiger partial charge in [-0.2, -0.15) is 18.3 Å². The molecule has 0 spiro atoms. The van der Waals surface area contributed by atoms with Crippen molar-refractivity contribution in [1.82, 2.24) is 14.8 Å². The maximum Gasteiger partial charge on any atom is 0.416 e. The van der Waals surface area contributed by atoms with Gasteiger partial charge in [0.15, 0.2) is 0 Å². The third-order valence-corrected chi connectivity index (χ3v) is 6.70. The van der Waals surface area contributed by atoms with Gasteiger partial charge >= 0.3 is 12.2 Å². The van der Waals surface area contributed by atoms with Gasteiger partial charge in [-0.3, -0.25) is 4.68 Å². The van der Waals surface area contributed by atoms with Crippen LogP contribution in [0.1, 0.15) is 31.9 Å². The molecule has 5 rings (SSSR count). The van der Waals surface area contributed by atoms with Crippen molar-refractivity contribution in [2.45, 2.75) is 39.0 Å². The molecule has 11 heteroatoms. The predicted molar refractivity (Wildman–Crippen MR) is 170 cm³/mol. The Morgan fingerprint density at radius 1 is 0.867 bits per heavy atom. The topological polar surface area (TPSA) is 93.1 Å². The first-order chi connectivity index (χ1) is 21.4. The fourth-order valence-corrected chi connectivity index (χ4v) is 4.68. The van der Waals surface area contributed by atoms with Crippen LogP contribution in [0.15, 0.2) is 97.3 Å². The van der Waals surface area contributed by atoms with Crippen LogP contribution in [-0.2, 0) is 12.7 Å². The molecule has 0 aliphatic carbocycles. The van der Waals surface area contributed by atoms with E-state index in [1.807, 2.05) is 53.3 Å². The molecule has 2 heterocycles. The molecule has 2 amide bonds. The van der Waals surface area contributed by atoms with E-state index in [0.717, 1.165) is 46.0 Å². The molecule has 45 heavy (non-hydrogen) atoms. The molecule has 2 aromatic heterocycles. The van der Waals surface area contributed by atoms with Gasteiger partial charge in [0.05, 0.1) is 19.2 Å². The lowest BCUT2D eigenvalue weighted by molar-refractivity contribution is -0.137. The highest BCUT2D eigenvalue weighted by molar-refractivity contribution is 6.00. The third-order valence-electron chi connectivity index (χ3n) is 6.70. The molecule has 0 radical (unpaired) electrons. The minimum atomic E-state index is -4.46. The number of methoxy groups -OCH3 is 1. The van der Waals surface area contributed by atoms with Crippen molar-refractivity contribution in [3.63, 3.8) is 0 Å². The standard InChI is InChI=1S/C34H33F3N6O2/c1-33(2,3)41-30-19-23(16-17-38-30)29-21-43(20-22-8-14-28(45-4)15-9-22)42-31(29)24-6-5-7-27(18-24)40-32(44)39-26-12-10-25(11-13-26)34(35,36)37/h5-19,21H,20H2,1-4H3,(H,38,41)(H2,39,40,44). The van der Waals surface area contributed by atoms with E-state index in [4.69, 9.17) is 9.84 Å². The number of rotatable bonds is 8. The first kappa shape index (κ1) is 31.1. The molecule has 0 unspecified atom stereocenters. The normalized spacial score (nSPS) is 11.6. The van der Waals surface area contributed by atoms with Gasteiger partial charge in [-0.15, -0.1) is 0 Å². The number of carbonyl (C=O) groups excluding carboxylic acids is 1. The van der Waals surface area contributed by atoms with Crippen molar-refractivity contribution in [1.29, 1.82) is 0 Å². The van der Waals surface area contributed by atoms with E-state index in [0.29, 0.717) is 17.9 Å². The number of aromatic nitrogens is 3. The average Bonchev–Trinajstić information content (AvgIpc) is 3.40. The SMILES string of the molecule is COc1ccc(Cn2cc(-c3ccnc(NC(C)(C)C)c3)c(-c3cccc(NC(=O)Nc4ccc(C(F)(F)F)cc4)c3)n2)cc1. The van der Waals surface area contributed by atoms with E-state index in [9.17, 15) is 18.0 Å². The fourth-order valence-electron chi connectivity index (χ4n) is 4.68. The molecule has 3 N–H and O–H groups in total. The number of nitrogens with one attached hydrogen (secondary N) is 3. The molecular weight excluding hydrogens is 581 g/mol. The first-order valence-electron chi connectivity index (χ1n) is 14.2. The van der Waals surface area contributed by atoms with E-state index < -0.39 is 17.8 Å². The summed E-state index contributed by atoms with van der Waals surface area (Å²) in [6.07, 6.45) is -0.729. The van der Waals surface area contributed by atoms with Crippen molar-refractivity contribution in [3.8, 4) is 28.1 Å². The summed E-state index contributed by atoms with van der Waals surface area (Å²) >= 11 is 0. The number of carbonyl (C=O) groups is 1. The Kier molecular flexibility index (Phi) is 8.80. The fraction of sp³-hybridized carbons (Fsp3) is 0.206. The Balaban J connectivity index is 1.43. The highest BCUT2D eigenvalue weighted by atomic mass is 19.4. The minimum absolute atomic E-state index is 0.187. The summed E-state index contributed by atoms with van der Waals surface area (Å²) in [6, 6.07) is 22.5. The summed E-state index contributed by atoms with van der Waals surface area (Å²) in [5, 5.41) is 13.7. The summed E-state index contributed by atoms with van der Waals surface area (Å²) in [7, 11) is 1.62. The second kappa shape index (κ2) is 12.7. The molecule has 0 saturated heterocycles. The summed E-state index contributed by atoms with van der Waals surface area (Å²) < 4.78 is 45.8. The molecule has 232 valence electrons. The molecule has 0 aliphatic rings. The Bertz CT molecular complexity index is 1780. The van der Waals surface area contributed by atoms with Gasteiger partial charge in [-0.25, -0.2) is 9.78 Å². The van der Waals surface area contributed by atoms with E-state index in [-0.39, 0.29) is 11.2 Å². The first-order valence-corrected chi connectivity index (χ1v) is 14.2. The summed E-state index contributed by atoms with van der Waals surface area (Å²) in [4.78, 5) is 17.2. The lowest BCUT2D eigenvalue weighted by Crippen LogP contribution is -2.26. The summed E-state index contributed by atoms with van der Waals surface area (Å²) in [5.41, 5.74) is 4.01. The lowest BCUT2D eigenvalue weighted by Gasteiger charge is -2.21. The average molecular weight is 615 g/mol. The number of hydrogen-bond donors (Lipinski definition) is 3. The number of halogens is 3. The maximum absolute atomic E-state index is 12.9. The maximum atomic E-state index is 12.9. The molecule has 0 atom stereocenters. The number of hydrogen-bond acceptors (Lipinski definition) is 5. The second-order valence-electron chi connectivity index (χ2n) is 11.5. The van der Waals surface area contributed by atoms with Gasteiger partial charge < -0.3 is 20.7 Å². The molecular formula is C34H33F3N6O2. The van der Waals surface area contributed by atoms with E-state index >= 15 is 0 Å². The van der Waals surface area contributed by atoms with Gasteiger partial charge in [0, 0.05) is 40.4 Å². The number of alkyl halides is 3. The molecule has 0 aliphatic heterocycles. The highest BCUT2D eigenvalue weighted by Gasteiger charge is 2.30. The van der Waals surface area contributed by atoms with Crippen LogP contribution in [-0.4, -0.2) is 33.4 Å². The van der Waals surface area contributed by atoms with Crippen molar-refractivity contribution < 1.29 is 22.7 Å². The third kappa shape index (κ3) is 8.20. The van der Waals surface area contributed by atoms with Crippen LogP contribution in [0.4, 0.5) is 35.2 Å². The number of anilines is 3. The molecule has 0 fully saturated rings. The van der Waals surface area contributed by atoms with Gasteiger partial charge in [-0.1, -0.05) is 24.3 Å². The number of amides is 2. The summed E-state index contributed by atoms with van der Waals surface area (Å²) in [6.45, 7) is 6.70. The number of urea groups is 1. The van der Waals surface area contributed by atoms with Crippen LogP contribution in [0.25, 0.3) is 22.4 Å². The number of benzene rings is 3. The number of nitrogens with zero attached hydrogens (tertiary/aromatic N) is 3. The van der Waals surface area contributed by atoms with Gasteiger partial charge in [0.25, 0.3) is 0 Å². The largest absolute Gasteiger partial charge is 0.497 e. The van der Waals surface area contributed by atoms with Crippen LogP contribution in [0, 0.1) is 0 Å². The Hall–Kier alpha value is -5.32. The van der Waals surface area contributed by atoms with E-state index in [1.165, 1.54) is 12.1 Å².